The average Bonchev–Trinajstić information content (AvgIpc) is 2.78. The second-order valence-electron chi connectivity index (χ2n) is 6.82. The molecule has 5 nitrogen and oxygen atoms in total. The highest BCUT2D eigenvalue weighted by molar-refractivity contribution is 5.94. The largest absolute Gasteiger partial charge is 0.494 e. The number of nitrogens with one attached hydrogen (secondary N) is 1. The van der Waals surface area contributed by atoms with Gasteiger partial charge in [0.05, 0.1) is 13.2 Å². The maximum atomic E-state index is 11.6. The quantitative estimate of drug-likeness (QED) is 0.487. The van der Waals surface area contributed by atoms with Crippen molar-refractivity contribution >= 4 is 11.6 Å². The van der Waals surface area contributed by atoms with E-state index in [2.05, 4.69) is 41.7 Å². The van der Waals surface area contributed by atoms with Gasteiger partial charge in [-0.2, -0.15) is 0 Å². The number of hydrogen-bond donors (Lipinski definition) is 3. The predicted octanol–water partition coefficient (Wildman–Crippen LogP) is 3.62. The number of nitrogens with two attached hydrogens (primary N) is 1. The number of carbonyl (C=O) groups excluding carboxylic acids is 1. The van der Waals surface area contributed by atoms with Gasteiger partial charge >= 0.3 is 0 Å². The highest BCUT2D eigenvalue weighted by atomic mass is 16.5. The van der Waals surface area contributed by atoms with Gasteiger partial charge in [0.1, 0.15) is 11.8 Å². The lowest BCUT2D eigenvalue weighted by atomic mass is 10.0. The first-order valence-corrected chi connectivity index (χ1v) is 9.70. The molecule has 0 fully saturated rings. The molecular formula is C24H26N2O3. The molecule has 5 heteroatoms. The standard InChI is InChI=1S/C24H26N2O3/c25-23(17-27)24(28)26-21-12-14-22(15-13-21)29-16-4-5-18-8-10-20(11-9-18)19-6-2-1-3-7-19/h1-3,6-15,23,27H,4-5,16-17,25H2,(H,26,28)/t23-/m0/s1. The van der Waals surface area contributed by atoms with Crippen LogP contribution in [0.25, 0.3) is 11.1 Å². The highest BCUT2D eigenvalue weighted by Gasteiger charge is 2.11. The lowest BCUT2D eigenvalue weighted by Gasteiger charge is -2.11. The molecule has 0 spiro atoms. The molecule has 0 bridgehead atoms. The number of benzene rings is 3. The molecule has 1 amide bonds. The van der Waals surface area contributed by atoms with Gasteiger partial charge < -0.3 is 20.9 Å². The first-order valence-electron chi connectivity index (χ1n) is 9.70. The SMILES string of the molecule is N[C@@H](CO)C(=O)Nc1ccc(OCCCc2ccc(-c3ccccc3)cc2)cc1. The summed E-state index contributed by atoms with van der Waals surface area (Å²) in [7, 11) is 0. The molecule has 0 saturated carbocycles. The Bertz CT molecular complexity index is 894. The molecule has 0 aliphatic carbocycles. The number of ether oxygens (including phenoxy) is 1. The van der Waals surface area contributed by atoms with Crippen LogP contribution in [-0.4, -0.2) is 30.3 Å². The van der Waals surface area contributed by atoms with Gasteiger partial charge in [0.2, 0.25) is 5.91 Å². The Labute approximate surface area is 171 Å². The second kappa shape index (κ2) is 10.4. The normalized spacial score (nSPS) is 11.7. The molecule has 3 aromatic rings. The Balaban J connectivity index is 1.42. The smallest absolute Gasteiger partial charge is 0.243 e. The van der Waals surface area contributed by atoms with E-state index >= 15 is 0 Å². The van der Waals surface area contributed by atoms with Crippen LogP contribution < -0.4 is 15.8 Å². The summed E-state index contributed by atoms with van der Waals surface area (Å²) in [6.07, 6.45) is 1.86. The van der Waals surface area contributed by atoms with Crippen molar-refractivity contribution in [2.75, 3.05) is 18.5 Å². The van der Waals surface area contributed by atoms with Crippen LogP contribution in [-0.2, 0) is 11.2 Å². The lowest BCUT2D eigenvalue weighted by Crippen LogP contribution is -2.38. The zero-order chi connectivity index (χ0) is 20.5. The van der Waals surface area contributed by atoms with Gasteiger partial charge in [-0.25, -0.2) is 0 Å². The zero-order valence-electron chi connectivity index (χ0n) is 16.3. The van der Waals surface area contributed by atoms with Crippen LogP contribution in [0.1, 0.15) is 12.0 Å². The fourth-order valence-electron chi connectivity index (χ4n) is 2.91. The van der Waals surface area contributed by atoms with Gasteiger partial charge in [-0.05, 0) is 53.8 Å². The molecule has 3 rings (SSSR count). The van der Waals surface area contributed by atoms with E-state index in [1.54, 1.807) is 24.3 Å². The fourth-order valence-corrected chi connectivity index (χ4v) is 2.91. The number of aliphatic hydroxyl groups is 1. The third-order valence-electron chi connectivity index (χ3n) is 4.59. The van der Waals surface area contributed by atoms with Crippen molar-refractivity contribution in [2.24, 2.45) is 5.73 Å². The Kier molecular flexibility index (Phi) is 7.39. The number of carbonyl (C=O) groups is 1. The summed E-state index contributed by atoms with van der Waals surface area (Å²) in [6, 6.07) is 25.2. The monoisotopic (exact) mass is 390 g/mol. The topological polar surface area (TPSA) is 84.6 Å². The van der Waals surface area contributed by atoms with Gasteiger partial charge in [-0.3, -0.25) is 4.79 Å². The van der Waals surface area contributed by atoms with E-state index in [1.165, 1.54) is 16.7 Å². The van der Waals surface area contributed by atoms with Crippen LogP contribution in [0, 0.1) is 0 Å². The van der Waals surface area contributed by atoms with Crippen LogP contribution in [0.4, 0.5) is 5.69 Å². The van der Waals surface area contributed by atoms with Crippen molar-refractivity contribution < 1.29 is 14.6 Å². The zero-order valence-corrected chi connectivity index (χ0v) is 16.3. The molecule has 3 aromatic carbocycles. The molecular weight excluding hydrogens is 364 g/mol. The minimum atomic E-state index is -0.923. The van der Waals surface area contributed by atoms with Gasteiger partial charge in [0, 0.05) is 5.69 Å². The van der Waals surface area contributed by atoms with Crippen molar-refractivity contribution in [2.45, 2.75) is 18.9 Å². The second-order valence-corrected chi connectivity index (χ2v) is 6.82. The first-order chi connectivity index (χ1) is 14.2. The summed E-state index contributed by atoms with van der Waals surface area (Å²) >= 11 is 0. The Morgan fingerprint density at radius 3 is 2.24 bits per heavy atom. The van der Waals surface area contributed by atoms with Crippen LogP contribution in [0.5, 0.6) is 5.75 Å². The van der Waals surface area contributed by atoms with E-state index in [9.17, 15) is 4.79 Å². The summed E-state index contributed by atoms with van der Waals surface area (Å²) < 4.78 is 5.77. The number of rotatable bonds is 9. The lowest BCUT2D eigenvalue weighted by molar-refractivity contribution is -0.118. The fraction of sp³-hybridized carbons (Fsp3) is 0.208. The van der Waals surface area contributed by atoms with Crippen molar-refractivity contribution in [3.8, 4) is 16.9 Å². The van der Waals surface area contributed by atoms with Crippen molar-refractivity contribution in [1.29, 1.82) is 0 Å². The van der Waals surface area contributed by atoms with Crippen LogP contribution in [0.2, 0.25) is 0 Å². The van der Waals surface area contributed by atoms with Crippen molar-refractivity contribution in [3.05, 3.63) is 84.4 Å². The maximum Gasteiger partial charge on any atom is 0.243 e. The van der Waals surface area contributed by atoms with Gasteiger partial charge in [-0.15, -0.1) is 0 Å². The molecule has 0 unspecified atom stereocenters. The van der Waals surface area contributed by atoms with E-state index in [-0.39, 0.29) is 6.61 Å². The predicted molar refractivity (Wildman–Crippen MR) is 116 cm³/mol. The van der Waals surface area contributed by atoms with E-state index in [4.69, 9.17) is 15.6 Å². The molecule has 0 saturated heterocycles. The van der Waals surface area contributed by atoms with Crippen LogP contribution >= 0.6 is 0 Å². The summed E-state index contributed by atoms with van der Waals surface area (Å²) in [5.41, 5.74) is 9.82. The summed E-state index contributed by atoms with van der Waals surface area (Å²) in [5.74, 6) is 0.327. The molecule has 1 atom stereocenters. The van der Waals surface area contributed by atoms with Gasteiger partial charge in [0.15, 0.2) is 0 Å². The van der Waals surface area contributed by atoms with Crippen molar-refractivity contribution in [1.82, 2.24) is 0 Å². The number of hydrogen-bond acceptors (Lipinski definition) is 4. The molecule has 29 heavy (non-hydrogen) atoms. The molecule has 0 aliphatic heterocycles. The average molecular weight is 390 g/mol. The van der Waals surface area contributed by atoms with Crippen LogP contribution in [0.15, 0.2) is 78.9 Å². The van der Waals surface area contributed by atoms with E-state index in [1.807, 2.05) is 18.2 Å². The molecule has 0 radical (unpaired) electrons. The third kappa shape index (κ3) is 6.17. The third-order valence-corrected chi connectivity index (χ3v) is 4.59. The molecule has 150 valence electrons. The number of aryl methyl sites for hydroxylation is 1. The highest BCUT2D eigenvalue weighted by Crippen LogP contribution is 2.20. The van der Waals surface area contributed by atoms with E-state index in [0.717, 1.165) is 18.6 Å². The minimum absolute atomic E-state index is 0.387. The Morgan fingerprint density at radius 1 is 0.931 bits per heavy atom. The first kappa shape index (κ1) is 20.6. The van der Waals surface area contributed by atoms with Gasteiger partial charge in [-0.1, -0.05) is 54.6 Å². The number of anilines is 1. The van der Waals surface area contributed by atoms with E-state index in [0.29, 0.717) is 12.3 Å². The maximum absolute atomic E-state index is 11.6. The summed E-state index contributed by atoms with van der Waals surface area (Å²) in [6.45, 7) is 0.226. The molecule has 0 heterocycles. The van der Waals surface area contributed by atoms with Crippen LogP contribution in [0.3, 0.4) is 0 Å². The summed E-state index contributed by atoms with van der Waals surface area (Å²) in [4.78, 5) is 11.6. The number of aliphatic hydroxyl groups excluding tert-OH is 1. The Morgan fingerprint density at radius 2 is 1.59 bits per heavy atom. The van der Waals surface area contributed by atoms with E-state index < -0.39 is 11.9 Å². The molecule has 0 aromatic heterocycles. The molecule has 4 N–H and O–H groups in total. The Hall–Kier alpha value is -3.15. The number of amides is 1. The minimum Gasteiger partial charge on any atom is -0.494 e. The summed E-state index contributed by atoms with van der Waals surface area (Å²) in [5, 5.41) is 11.5. The molecule has 0 aliphatic rings. The van der Waals surface area contributed by atoms with Gasteiger partial charge in [0.25, 0.3) is 0 Å². The van der Waals surface area contributed by atoms with Crippen molar-refractivity contribution in [3.63, 3.8) is 0 Å².